The minimum Gasteiger partial charge on any atom is -0.201 e. The summed E-state index contributed by atoms with van der Waals surface area (Å²) in [4.78, 5) is 0. The second-order valence-corrected chi connectivity index (χ2v) is 32.8. The van der Waals surface area contributed by atoms with Gasteiger partial charge in [0.1, 0.15) is 28.2 Å². The van der Waals surface area contributed by atoms with Gasteiger partial charge in [-0.05, 0) is 274 Å². The third-order valence-electron chi connectivity index (χ3n) is 25.0. The summed E-state index contributed by atoms with van der Waals surface area (Å²) in [7, 11) is 8.69. The largest absolute Gasteiger partial charge is 0.213 e. The smallest absolute Gasteiger partial charge is 0.201 e. The third-order valence-corrected chi connectivity index (χ3v) is 25.0. The fourth-order valence-electron chi connectivity index (χ4n) is 19.4. The maximum atomic E-state index is 2.38. The van der Waals surface area contributed by atoms with Crippen molar-refractivity contribution in [2.45, 2.75) is 102 Å². The number of aromatic nitrogens is 4. The van der Waals surface area contributed by atoms with E-state index in [1.807, 2.05) is 0 Å². The lowest BCUT2D eigenvalue weighted by molar-refractivity contribution is -0.660. The number of rotatable bonds is 8. The molecule has 0 radical (unpaired) electrons. The Hall–Kier alpha value is -12.8. The number of hydrogen-bond acceptors (Lipinski definition) is 0. The van der Waals surface area contributed by atoms with Gasteiger partial charge in [0.05, 0.1) is 22.3 Å². The van der Waals surface area contributed by atoms with Gasteiger partial charge < -0.3 is 0 Å². The van der Waals surface area contributed by atoms with Crippen LogP contribution >= 0.6 is 0 Å². The van der Waals surface area contributed by atoms with Gasteiger partial charge in [-0.3, -0.25) is 0 Å². The summed E-state index contributed by atoms with van der Waals surface area (Å²) in [6.45, 7) is 24.6. The van der Waals surface area contributed by atoms with E-state index in [1.54, 1.807) is 0 Å². The predicted molar refractivity (Wildman–Crippen MR) is 479 cm³/mol. The van der Waals surface area contributed by atoms with Gasteiger partial charge in [-0.15, -0.1) is 0 Å². The van der Waals surface area contributed by atoms with Gasteiger partial charge in [-0.1, -0.05) is 249 Å². The van der Waals surface area contributed by atoms with Crippen LogP contribution < -0.4 is 18.3 Å². The van der Waals surface area contributed by atoms with E-state index in [-0.39, 0.29) is 0 Å². The van der Waals surface area contributed by atoms with Crippen LogP contribution in [0.25, 0.3) is 134 Å². The normalized spacial score (nSPS) is 12.0. The molecule has 0 N–H and O–H groups in total. The zero-order valence-corrected chi connectivity index (χ0v) is 69.4. The van der Waals surface area contributed by atoms with Crippen LogP contribution in [-0.2, 0) is 53.9 Å². The van der Waals surface area contributed by atoms with Crippen molar-refractivity contribution < 1.29 is 18.3 Å². The molecule has 4 aromatic heterocycles. The lowest BCUT2D eigenvalue weighted by Gasteiger charge is -2.15. The van der Waals surface area contributed by atoms with E-state index in [9.17, 15) is 0 Å². The Bertz CT molecular complexity index is 6540. The van der Waals surface area contributed by atoms with Crippen LogP contribution in [0.15, 0.2) is 298 Å². The van der Waals surface area contributed by atoms with Gasteiger partial charge in [-0.2, -0.15) is 0 Å². The van der Waals surface area contributed by atoms with Crippen molar-refractivity contribution in [3.8, 4) is 134 Å². The highest BCUT2D eigenvalue weighted by Crippen LogP contribution is 2.49. The molecule has 115 heavy (non-hydrogen) atoms. The topological polar surface area (TPSA) is 15.5 Å². The molecule has 12 aromatic carbocycles. The third kappa shape index (κ3) is 13.9. The summed E-state index contributed by atoms with van der Waals surface area (Å²) >= 11 is 0. The van der Waals surface area contributed by atoms with Crippen molar-refractivity contribution in [3.05, 3.63) is 403 Å². The van der Waals surface area contributed by atoms with Crippen LogP contribution in [0, 0.1) is 76.2 Å². The van der Waals surface area contributed by atoms with Gasteiger partial charge in [0.25, 0.3) is 0 Å². The van der Waals surface area contributed by atoms with Crippen molar-refractivity contribution in [3.63, 3.8) is 0 Å². The minimum absolute atomic E-state index is 1.02. The first-order valence-electron chi connectivity index (χ1n) is 40.9. The number of aryl methyl sites for hydroxylation is 15. The molecule has 0 saturated carbocycles. The first-order valence-corrected chi connectivity index (χ1v) is 40.9. The summed E-state index contributed by atoms with van der Waals surface area (Å²) in [6, 6.07) is 99.4. The van der Waals surface area contributed by atoms with Crippen molar-refractivity contribution in [2.24, 2.45) is 28.2 Å². The van der Waals surface area contributed by atoms with Crippen LogP contribution in [0.1, 0.15) is 106 Å². The number of nitrogens with zero attached hydrogens (tertiary/aromatic N) is 4. The second-order valence-electron chi connectivity index (χ2n) is 32.8. The van der Waals surface area contributed by atoms with Crippen LogP contribution in [0.2, 0.25) is 0 Å². The standard InChI is InChI=1S/3C28H26N.C27H24N/c1-18-9-8-12-22-23-14-13-19(2)28(26(23)15-25(18)22)27-16-24(20(3)17-29(27)4)21-10-6-5-7-11-21;1-18-9-8-12-22-16-24-23(27(18)22)14-13-19(2)28(24)26-15-20(3)25(17-29(26)4)21-10-6-5-7-11-21;1-18-15-26(29(4)17-25(18)21-10-6-5-7-11-21)28-20(3)14-19(2)27-23-13-9-8-12-22(23)16-24(27)28;1-18-13-14-23-22-12-8-7-11-21(22)16-24(23)27(18)26-15-19(2)25(17-28(26)3)20-9-5-4-6-10-20/h5-14,16-17H,15H2,1-4H3;2*5-15,17H,16H2,1-4H3;4-15,17H,16H2,1-3H3/q4*+1. The molecule has 0 amide bonds. The Labute approximate surface area is 681 Å². The van der Waals surface area contributed by atoms with E-state index in [1.165, 1.54) is 240 Å². The molecule has 0 fully saturated rings. The zero-order valence-electron chi connectivity index (χ0n) is 69.4. The summed E-state index contributed by atoms with van der Waals surface area (Å²) in [5.41, 5.74) is 58.7. The Balaban J connectivity index is 0.000000111. The van der Waals surface area contributed by atoms with E-state index >= 15 is 0 Å². The van der Waals surface area contributed by atoms with E-state index in [0.717, 1.165) is 25.7 Å². The molecule has 0 bridgehead atoms. The molecule has 0 unspecified atom stereocenters. The van der Waals surface area contributed by atoms with E-state index < -0.39 is 0 Å². The van der Waals surface area contributed by atoms with Crippen molar-refractivity contribution in [1.29, 1.82) is 0 Å². The van der Waals surface area contributed by atoms with Crippen LogP contribution in [0.3, 0.4) is 0 Å². The lowest BCUT2D eigenvalue weighted by atomic mass is 9.89. The molecule has 20 rings (SSSR count). The molecule has 16 aromatic rings. The van der Waals surface area contributed by atoms with Crippen LogP contribution in [0.5, 0.6) is 0 Å². The van der Waals surface area contributed by atoms with Gasteiger partial charge in [0.15, 0.2) is 24.8 Å². The quantitative estimate of drug-likeness (QED) is 0.135. The number of pyridine rings is 4. The molecular weight excluding hydrogens is 1390 g/mol. The number of hydrogen-bond donors (Lipinski definition) is 0. The van der Waals surface area contributed by atoms with Crippen LogP contribution in [0.4, 0.5) is 0 Å². The average Bonchev–Trinajstić information content (AvgIpc) is 1.60. The highest BCUT2D eigenvalue weighted by atomic mass is 14.9. The maximum absolute atomic E-state index is 2.38. The highest BCUT2D eigenvalue weighted by Gasteiger charge is 2.33. The average molecular weight is 1490 g/mol. The Kier molecular flexibility index (Phi) is 20.2. The first kappa shape index (κ1) is 75.0. The Morgan fingerprint density at radius 1 is 0.174 bits per heavy atom. The minimum atomic E-state index is 1.02. The van der Waals surface area contributed by atoms with E-state index in [2.05, 4.69) is 420 Å². The molecule has 4 heterocycles. The monoisotopic (exact) mass is 1490 g/mol. The van der Waals surface area contributed by atoms with Crippen LogP contribution in [-0.4, -0.2) is 0 Å². The van der Waals surface area contributed by atoms with Gasteiger partial charge in [0.2, 0.25) is 22.8 Å². The molecular formula is C111H102N4+4. The maximum Gasteiger partial charge on any atom is 0.213 e. The van der Waals surface area contributed by atoms with Gasteiger partial charge >= 0.3 is 0 Å². The van der Waals surface area contributed by atoms with Crippen molar-refractivity contribution in [1.82, 2.24) is 0 Å². The molecule has 0 saturated heterocycles. The molecule has 4 heteroatoms. The Morgan fingerprint density at radius 2 is 0.504 bits per heavy atom. The Morgan fingerprint density at radius 3 is 1.02 bits per heavy atom. The lowest BCUT2D eigenvalue weighted by Crippen LogP contribution is -2.32. The fourth-order valence-corrected chi connectivity index (χ4v) is 19.4. The molecule has 0 aliphatic heterocycles. The van der Waals surface area contributed by atoms with Gasteiger partial charge in [-0.25, -0.2) is 18.3 Å². The second kappa shape index (κ2) is 31.0. The molecule has 0 atom stereocenters. The molecule has 562 valence electrons. The van der Waals surface area contributed by atoms with Crippen molar-refractivity contribution in [2.75, 3.05) is 0 Å². The number of benzene rings is 12. The number of fused-ring (bicyclic) bond motifs is 12. The molecule has 4 aliphatic carbocycles. The predicted octanol–water partition coefficient (Wildman–Crippen LogP) is 25.1. The summed E-state index contributed by atoms with van der Waals surface area (Å²) < 4.78 is 9.19. The first-order chi connectivity index (χ1) is 55.8. The highest BCUT2D eigenvalue weighted by molar-refractivity contribution is 5.91. The fraction of sp³-hybridized carbons (Fsp3) is 0.171. The van der Waals surface area contributed by atoms with E-state index in [4.69, 9.17) is 0 Å². The SMILES string of the molecule is Cc1c[n+](C)c(-c2c(C)ccc3c2Cc2c(C)cccc2-3)cc1-c1ccccc1.Cc1cc(-c2c(C)cc(C)c3c2Cc2ccccc2-3)[n+](C)cc1-c1ccccc1.Cc1cc(-c2c(C)ccc3c2Cc2cccc(C)c2-3)[n+](C)cc1-c1ccccc1.Cc1cc(-c2c(C)ccc3c2Cc2ccccc2-3)[n+](C)cc1-c1ccccc1. The zero-order chi connectivity index (χ0) is 79.6. The molecule has 0 spiro atoms. The molecule has 4 nitrogen and oxygen atoms in total. The van der Waals surface area contributed by atoms with Gasteiger partial charge in [0, 0.05) is 46.5 Å². The summed E-state index contributed by atoms with van der Waals surface area (Å²) in [5, 5.41) is 0. The van der Waals surface area contributed by atoms with E-state index in [0.29, 0.717) is 0 Å². The molecule has 4 aliphatic rings. The summed E-state index contributed by atoms with van der Waals surface area (Å²) in [6.07, 6.45) is 13.2. The van der Waals surface area contributed by atoms with Crippen molar-refractivity contribution >= 4 is 0 Å². The summed E-state index contributed by atoms with van der Waals surface area (Å²) in [5.74, 6) is 0.